The van der Waals surface area contributed by atoms with Crippen molar-refractivity contribution in [3.05, 3.63) is 60.4 Å². The number of fused-ring (bicyclic) bond motifs is 1. The topological polar surface area (TPSA) is 44.1 Å². The van der Waals surface area contributed by atoms with Gasteiger partial charge >= 0.3 is 0 Å². The summed E-state index contributed by atoms with van der Waals surface area (Å²) < 4.78 is 7.31. The zero-order chi connectivity index (χ0) is 14.7. The molecule has 0 spiro atoms. The fourth-order valence-electron chi connectivity index (χ4n) is 2.18. The number of halogens is 1. The molecule has 4 nitrogen and oxygen atoms in total. The molecule has 0 aliphatic carbocycles. The molecule has 3 rings (SSSR count). The maximum Gasteiger partial charge on any atom is 0.243 e. The molecule has 0 amide bonds. The number of alkyl halides is 1. The molecule has 21 heavy (non-hydrogen) atoms. The summed E-state index contributed by atoms with van der Waals surface area (Å²) in [6, 6.07) is 17.1. The highest BCUT2D eigenvalue weighted by Gasteiger charge is 2.16. The highest BCUT2D eigenvalue weighted by Crippen LogP contribution is 2.18. The maximum atomic E-state index is 12.1. The summed E-state index contributed by atoms with van der Waals surface area (Å²) in [4.78, 5) is 16.6. The molecule has 0 radical (unpaired) electrons. The van der Waals surface area contributed by atoms with Crippen molar-refractivity contribution < 1.29 is 9.53 Å². The molecule has 0 atom stereocenters. The van der Waals surface area contributed by atoms with Crippen molar-refractivity contribution in [1.29, 1.82) is 0 Å². The van der Waals surface area contributed by atoms with E-state index in [4.69, 9.17) is 4.74 Å². The zero-order valence-electron chi connectivity index (χ0n) is 11.2. The monoisotopic (exact) mass is 344 g/mol. The van der Waals surface area contributed by atoms with Crippen LogP contribution in [-0.2, 0) is 6.61 Å². The lowest BCUT2D eigenvalue weighted by Crippen LogP contribution is -2.16. The van der Waals surface area contributed by atoms with Gasteiger partial charge in [-0.05, 0) is 24.3 Å². The van der Waals surface area contributed by atoms with Crippen molar-refractivity contribution in [3.8, 4) is 5.75 Å². The van der Waals surface area contributed by atoms with Crippen LogP contribution in [0.4, 0.5) is 0 Å². The second kappa shape index (κ2) is 6.10. The van der Waals surface area contributed by atoms with Crippen LogP contribution in [0.5, 0.6) is 5.75 Å². The molecular weight excluding hydrogens is 332 g/mol. The second-order valence-electron chi connectivity index (χ2n) is 4.48. The van der Waals surface area contributed by atoms with E-state index in [0.29, 0.717) is 5.82 Å². The number of hydrogen-bond acceptors (Lipinski definition) is 3. The minimum Gasteiger partial charge on any atom is -0.486 e. The van der Waals surface area contributed by atoms with E-state index in [2.05, 4.69) is 20.9 Å². The molecule has 0 fully saturated rings. The van der Waals surface area contributed by atoms with E-state index in [1.165, 1.54) is 0 Å². The van der Waals surface area contributed by atoms with Crippen LogP contribution >= 0.6 is 15.9 Å². The van der Waals surface area contributed by atoms with Gasteiger partial charge in [-0.2, -0.15) is 0 Å². The Hall–Kier alpha value is -2.14. The molecule has 0 unspecified atom stereocenters. The molecule has 106 valence electrons. The van der Waals surface area contributed by atoms with Crippen LogP contribution in [0.25, 0.3) is 11.0 Å². The van der Waals surface area contributed by atoms with Crippen LogP contribution in [0.3, 0.4) is 0 Å². The standard InChI is InChI=1S/C16H13BrN2O2/c17-10-16(20)19-14-9-5-4-8-13(14)18-15(19)11-21-12-6-2-1-3-7-12/h1-9H,10-11H2. The molecule has 0 aliphatic rings. The predicted octanol–water partition coefficient (Wildman–Crippen LogP) is 3.65. The number of carbonyl (C=O) groups excluding carboxylic acids is 1. The second-order valence-corrected chi connectivity index (χ2v) is 5.04. The maximum absolute atomic E-state index is 12.1. The molecule has 2 aromatic carbocycles. The number of para-hydroxylation sites is 3. The van der Waals surface area contributed by atoms with Crippen molar-refractivity contribution in [2.45, 2.75) is 6.61 Å². The van der Waals surface area contributed by atoms with Gasteiger partial charge in [0, 0.05) is 0 Å². The summed E-state index contributed by atoms with van der Waals surface area (Å²) in [5, 5.41) is 0.242. The average Bonchev–Trinajstić information content (AvgIpc) is 2.91. The Kier molecular flexibility index (Phi) is 4.01. The minimum absolute atomic E-state index is 0.0599. The lowest BCUT2D eigenvalue weighted by Gasteiger charge is -2.08. The van der Waals surface area contributed by atoms with Gasteiger partial charge in [0.05, 0.1) is 16.4 Å². The molecule has 0 N–H and O–H groups in total. The SMILES string of the molecule is O=C(CBr)n1c(COc2ccccc2)nc2ccccc21. The third-order valence-electron chi connectivity index (χ3n) is 3.11. The number of aromatic nitrogens is 2. The summed E-state index contributed by atoms with van der Waals surface area (Å²) in [6.45, 7) is 0.247. The smallest absolute Gasteiger partial charge is 0.243 e. The Morgan fingerprint density at radius 2 is 1.81 bits per heavy atom. The molecule has 1 heterocycles. The third-order valence-corrected chi connectivity index (χ3v) is 3.58. The van der Waals surface area contributed by atoms with Gasteiger partial charge < -0.3 is 4.74 Å². The number of hydrogen-bond donors (Lipinski definition) is 0. The highest BCUT2D eigenvalue weighted by molar-refractivity contribution is 9.09. The Morgan fingerprint density at radius 3 is 2.57 bits per heavy atom. The first kappa shape index (κ1) is 13.8. The summed E-state index contributed by atoms with van der Waals surface area (Å²) >= 11 is 3.21. The van der Waals surface area contributed by atoms with Gasteiger partial charge in [0.1, 0.15) is 12.4 Å². The molecule has 0 saturated heterocycles. The summed E-state index contributed by atoms with van der Waals surface area (Å²) in [6.07, 6.45) is 0. The van der Waals surface area contributed by atoms with E-state index in [9.17, 15) is 4.79 Å². The van der Waals surface area contributed by atoms with Gasteiger partial charge in [-0.25, -0.2) is 4.98 Å². The van der Waals surface area contributed by atoms with E-state index < -0.39 is 0 Å². The van der Waals surface area contributed by atoms with Gasteiger partial charge in [-0.1, -0.05) is 46.3 Å². The fourth-order valence-corrected chi connectivity index (χ4v) is 2.43. The first-order valence-electron chi connectivity index (χ1n) is 6.53. The quantitative estimate of drug-likeness (QED) is 0.678. The fraction of sp³-hybridized carbons (Fsp3) is 0.125. The number of ether oxygens (including phenoxy) is 1. The molecular formula is C16H13BrN2O2. The summed E-state index contributed by atoms with van der Waals surface area (Å²) in [5.74, 6) is 1.29. The number of nitrogens with zero attached hydrogens (tertiary/aromatic N) is 2. The largest absolute Gasteiger partial charge is 0.486 e. The Bertz CT molecular complexity index is 768. The number of imidazole rings is 1. The van der Waals surface area contributed by atoms with Crippen LogP contribution < -0.4 is 4.74 Å². The predicted molar refractivity (Wildman–Crippen MR) is 84.9 cm³/mol. The molecule has 0 bridgehead atoms. The van der Waals surface area contributed by atoms with Crippen LogP contribution in [0.1, 0.15) is 10.6 Å². The van der Waals surface area contributed by atoms with Gasteiger partial charge in [0.25, 0.3) is 0 Å². The Balaban J connectivity index is 1.95. The lowest BCUT2D eigenvalue weighted by molar-refractivity contribution is 0.0939. The van der Waals surface area contributed by atoms with Gasteiger partial charge in [-0.15, -0.1) is 0 Å². The van der Waals surface area contributed by atoms with Crippen molar-refractivity contribution in [2.24, 2.45) is 0 Å². The first-order chi connectivity index (χ1) is 10.3. The van der Waals surface area contributed by atoms with Crippen LogP contribution in [0.15, 0.2) is 54.6 Å². The van der Waals surface area contributed by atoms with Crippen LogP contribution in [-0.4, -0.2) is 20.8 Å². The molecule has 3 aromatic rings. The van der Waals surface area contributed by atoms with Gasteiger partial charge in [0.2, 0.25) is 5.91 Å². The van der Waals surface area contributed by atoms with E-state index in [1.54, 1.807) is 4.57 Å². The van der Waals surface area contributed by atoms with E-state index in [0.717, 1.165) is 16.8 Å². The van der Waals surface area contributed by atoms with E-state index in [-0.39, 0.29) is 17.8 Å². The van der Waals surface area contributed by atoms with Crippen molar-refractivity contribution in [1.82, 2.24) is 9.55 Å². The third kappa shape index (κ3) is 2.83. The zero-order valence-corrected chi connectivity index (χ0v) is 12.8. The molecule has 0 saturated carbocycles. The highest BCUT2D eigenvalue weighted by atomic mass is 79.9. The summed E-state index contributed by atoms with van der Waals surface area (Å²) in [5.41, 5.74) is 1.59. The van der Waals surface area contributed by atoms with E-state index in [1.807, 2.05) is 54.6 Å². The number of rotatable bonds is 4. The Labute approximate surface area is 130 Å². The number of benzene rings is 2. The van der Waals surface area contributed by atoms with Gasteiger partial charge in [0.15, 0.2) is 5.82 Å². The average molecular weight is 345 g/mol. The van der Waals surface area contributed by atoms with Crippen molar-refractivity contribution in [3.63, 3.8) is 0 Å². The molecule has 1 aromatic heterocycles. The van der Waals surface area contributed by atoms with Crippen molar-refractivity contribution >= 4 is 32.9 Å². The van der Waals surface area contributed by atoms with Crippen molar-refractivity contribution in [2.75, 3.05) is 5.33 Å². The normalized spacial score (nSPS) is 10.7. The van der Waals surface area contributed by atoms with Gasteiger partial charge in [-0.3, -0.25) is 9.36 Å². The molecule has 5 heteroatoms. The molecule has 0 aliphatic heterocycles. The number of carbonyl (C=O) groups is 1. The minimum atomic E-state index is -0.0599. The lowest BCUT2D eigenvalue weighted by atomic mass is 10.3. The van der Waals surface area contributed by atoms with E-state index >= 15 is 0 Å². The summed E-state index contributed by atoms with van der Waals surface area (Å²) in [7, 11) is 0. The van der Waals surface area contributed by atoms with Crippen LogP contribution in [0, 0.1) is 0 Å². The van der Waals surface area contributed by atoms with Crippen LogP contribution in [0.2, 0.25) is 0 Å². The first-order valence-corrected chi connectivity index (χ1v) is 7.65. The Morgan fingerprint density at radius 1 is 1.10 bits per heavy atom.